The van der Waals surface area contributed by atoms with Crippen molar-refractivity contribution < 1.29 is 9.47 Å². The van der Waals surface area contributed by atoms with E-state index in [4.69, 9.17) is 16.1 Å². The second kappa shape index (κ2) is 7.00. The number of rotatable bonds is 7. The summed E-state index contributed by atoms with van der Waals surface area (Å²) in [6.07, 6.45) is 3.86. The van der Waals surface area contributed by atoms with Crippen molar-refractivity contribution in [1.29, 1.82) is 0 Å². The fraction of sp³-hybridized carbons (Fsp3) is 0.467. The molecule has 92 valence electrons. The van der Waals surface area contributed by atoms with Crippen LogP contribution < -0.4 is 9.47 Å². The summed E-state index contributed by atoms with van der Waals surface area (Å²) in [6, 6.07) is 6.63. The highest BCUT2D eigenvalue weighted by Gasteiger charge is 2.05. The predicted molar refractivity (Wildman–Crippen MR) is 70.2 cm³/mol. The van der Waals surface area contributed by atoms with E-state index in [9.17, 15) is 0 Å². The van der Waals surface area contributed by atoms with E-state index in [0.717, 1.165) is 5.56 Å². The van der Waals surface area contributed by atoms with Crippen molar-refractivity contribution in [3.63, 3.8) is 0 Å². The molecule has 2 radical (unpaired) electrons. The average molecular weight is 232 g/mol. The summed E-state index contributed by atoms with van der Waals surface area (Å²) in [5.74, 6) is 1.98. The van der Waals surface area contributed by atoms with E-state index in [0.29, 0.717) is 24.0 Å². The highest BCUT2D eigenvalue weighted by atomic mass is 16.5. The molecule has 1 aromatic rings. The van der Waals surface area contributed by atoms with Crippen molar-refractivity contribution in [3.8, 4) is 11.5 Å². The monoisotopic (exact) mass is 232 g/mol. The largest absolute Gasteiger partial charge is 0.496 e. The fourth-order valence-electron chi connectivity index (χ4n) is 1.67. The van der Waals surface area contributed by atoms with Gasteiger partial charge in [-0.3, -0.25) is 0 Å². The highest BCUT2D eigenvalue weighted by molar-refractivity contribution is 5.57. The molecule has 0 saturated heterocycles. The van der Waals surface area contributed by atoms with Crippen LogP contribution in [0.3, 0.4) is 0 Å². The van der Waals surface area contributed by atoms with Gasteiger partial charge < -0.3 is 9.47 Å². The minimum Gasteiger partial charge on any atom is -0.496 e. The van der Waals surface area contributed by atoms with Crippen LogP contribution in [0.15, 0.2) is 12.1 Å². The first kappa shape index (κ1) is 13.6. The molecule has 0 N–H and O–H groups in total. The number of hydrogen-bond donors (Lipinski definition) is 0. The summed E-state index contributed by atoms with van der Waals surface area (Å²) in [4.78, 5) is 0. The van der Waals surface area contributed by atoms with Gasteiger partial charge in [0.25, 0.3) is 0 Å². The molecule has 1 atom stereocenters. The summed E-state index contributed by atoms with van der Waals surface area (Å²) in [5, 5.41) is 0. The van der Waals surface area contributed by atoms with E-state index in [-0.39, 0.29) is 0 Å². The highest BCUT2D eigenvalue weighted by Crippen LogP contribution is 2.24. The molecule has 2 heteroatoms. The smallest absolute Gasteiger partial charge is 0.128 e. The maximum atomic E-state index is 5.68. The summed E-state index contributed by atoms with van der Waals surface area (Å²) in [7, 11) is 1.61. The number of benzene rings is 1. The zero-order chi connectivity index (χ0) is 12.7. The Morgan fingerprint density at radius 1 is 1.53 bits per heavy atom. The molecule has 0 aliphatic carbocycles. The van der Waals surface area contributed by atoms with E-state index in [1.807, 2.05) is 6.07 Å². The lowest BCUT2D eigenvalue weighted by atomic mass is 10.1. The van der Waals surface area contributed by atoms with Crippen molar-refractivity contribution in [3.05, 3.63) is 30.3 Å². The number of ether oxygens (including phenoxy) is 2. The molecular weight excluding hydrogens is 212 g/mol. The lowest BCUT2D eigenvalue weighted by molar-refractivity contribution is 0.250. The molecule has 0 aliphatic heterocycles. The molecule has 2 nitrogen and oxygen atoms in total. The third kappa shape index (κ3) is 4.14. The van der Waals surface area contributed by atoms with Crippen molar-refractivity contribution in [2.75, 3.05) is 13.7 Å². The van der Waals surface area contributed by atoms with Crippen LogP contribution in [0.1, 0.15) is 32.3 Å². The van der Waals surface area contributed by atoms with Gasteiger partial charge in [0.1, 0.15) is 11.5 Å². The summed E-state index contributed by atoms with van der Waals surface area (Å²) < 4.78 is 10.8. The Morgan fingerprint density at radius 3 is 2.88 bits per heavy atom. The van der Waals surface area contributed by atoms with Crippen molar-refractivity contribution in [1.82, 2.24) is 0 Å². The van der Waals surface area contributed by atoms with E-state index in [1.54, 1.807) is 13.2 Å². The van der Waals surface area contributed by atoms with Crippen molar-refractivity contribution in [2.24, 2.45) is 5.92 Å². The van der Waals surface area contributed by atoms with Crippen LogP contribution in [0.2, 0.25) is 0 Å². The fourth-order valence-corrected chi connectivity index (χ4v) is 1.67. The molecule has 0 spiro atoms. The second-order valence-corrected chi connectivity index (χ2v) is 4.19. The lowest BCUT2D eigenvalue weighted by Crippen LogP contribution is -2.08. The third-order valence-electron chi connectivity index (χ3n) is 2.62. The SMILES string of the molecule is [CH]=Cc1cc(OCC(C)CCC)[c]cc1OC. The van der Waals surface area contributed by atoms with Gasteiger partial charge in [-0.25, -0.2) is 0 Å². The molecule has 0 fully saturated rings. The lowest BCUT2D eigenvalue weighted by Gasteiger charge is -2.13. The molecule has 17 heavy (non-hydrogen) atoms. The van der Waals surface area contributed by atoms with Gasteiger partial charge in [0, 0.05) is 11.6 Å². The van der Waals surface area contributed by atoms with Crippen LogP contribution in [0.4, 0.5) is 0 Å². The number of methoxy groups -OCH3 is 1. The Bertz CT molecular complexity index is 358. The number of hydrogen-bond acceptors (Lipinski definition) is 2. The standard InChI is InChI=1S/C15H20O2/c1-5-7-12(3)11-17-14-8-9-15(16-4)13(6-2)10-14/h2,6,9-10,12H,5,7,11H2,1,3-4H3. The Hall–Kier alpha value is -1.44. The van der Waals surface area contributed by atoms with Gasteiger partial charge in [0.2, 0.25) is 0 Å². The Labute approximate surface area is 104 Å². The van der Waals surface area contributed by atoms with Crippen LogP contribution >= 0.6 is 0 Å². The quantitative estimate of drug-likeness (QED) is 0.712. The first-order valence-corrected chi connectivity index (χ1v) is 5.98. The van der Waals surface area contributed by atoms with Gasteiger partial charge in [-0.05, 0) is 24.5 Å². The van der Waals surface area contributed by atoms with Gasteiger partial charge in [0.15, 0.2) is 0 Å². The van der Waals surface area contributed by atoms with E-state index < -0.39 is 0 Å². The molecule has 1 unspecified atom stereocenters. The first-order valence-electron chi connectivity index (χ1n) is 5.98. The zero-order valence-corrected chi connectivity index (χ0v) is 10.8. The minimum atomic E-state index is 0.556. The first-order chi connectivity index (χ1) is 8.21. The Balaban J connectivity index is 2.63. The molecule has 0 amide bonds. The predicted octanol–water partition coefficient (Wildman–Crippen LogP) is 3.76. The van der Waals surface area contributed by atoms with E-state index >= 15 is 0 Å². The Kier molecular flexibility index (Phi) is 5.61. The molecule has 1 rings (SSSR count). The van der Waals surface area contributed by atoms with E-state index in [1.165, 1.54) is 18.9 Å². The van der Waals surface area contributed by atoms with Gasteiger partial charge in [-0.1, -0.05) is 32.9 Å². The maximum absolute atomic E-state index is 5.68. The van der Waals surface area contributed by atoms with Crippen LogP contribution in [0.5, 0.6) is 11.5 Å². The summed E-state index contributed by atoms with van der Waals surface area (Å²) in [6.45, 7) is 10.6. The second-order valence-electron chi connectivity index (χ2n) is 4.19. The molecule has 0 heterocycles. The van der Waals surface area contributed by atoms with Crippen LogP contribution in [-0.2, 0) is 0 Å². The summed E-state index contributed by atoms with van der Waals surface area (Å²) >= 11 is 0. The minimum absolute atomic E-state index is 0.556. The maximum Gasteiger partial charge on any atom is 0.128 e. The molecule has 1 aromatic carbocycles. The normalized spacial score (nSPS) is 11.9. The molecular formula is C15H20O2. The zero-order valence-electron chi connectivity index (χ0n) is 10.8. The van der Waals surface area contributed by atoms with Crippen molar-refractivity contribution in [2.45, 2.75) is 26.7 Å². The van der Waals surface area contributed by atoms with Gasteiger partial charge in [-0.15, -0.1) is 0 Å². The Morgan fingerprint density at radius 2 is 2.29 bits per heavy atom. The van der Waals surface area contributed by atoms with Crippen molar-refractivity contribution >= 4 is 6.08 Å². The van der Waals surface area contributed by atoms with Crippen LogP contribution in [0.25, 0.3) is 6.08 Å². The molecule has 0 bridgehead atoms. The molecule has 0 aromatic heterocycles. The van der Waals surface area contributed by atoms with Gasteiger partial charge in [0.05, 0.1) is 13.7 Å². The topological polar surface area (TPSA) is 18.5 Å². The molecule has 0 aliphatic rings. The van der Waals surface area contributed by atoms with Crippen LogP contribution in [-0.4, -0.2) is 13.7 Å². The van der Waals surface area contributed by atoms with Gasteiger partial charge in [-0.2, -0.15) is 0 Å². The summed E-state index contributed by atoms with van der Waals surface area (Å²) in [5.41, 5.74) is 0.824. The van der Waals surface area contributed by atoms with Crippen LogP contribution in [0, 0.1) is 18.6 Å². The molecule has 0 saturated carbocycles. The van der Waals surface area contributed by atoms with E-state index in [2.05, 4.69) is 19.9 Å². The average Bonchev–Trinajstić information content (AvgIpc) is 2.36. The van der Waals surface area contributed by atoms with Gasteiger partial charge >= 0.3 is 0 Å². The third-order valence-corrected chi connectivity index (χ3v) is 2.62.